The molecule has 0 aromatic heterocycles. The molecule has 17 heavy (non-hydrogen) atoms. The van der Waals surface area contributed by atoms with E-state index >= 15 is 0 Å². The standard InChI is InChI=1S/C13H19IO3/c1-4-5-6-17-13-10(8-15)11(14)7-9(2)12(13)16-3/h7,15H,4-6,8H2,1-3H3. The molecule has 0 radical (unpaired) electrons. The van der Waals surface area contributed by atoms with E-state index in [0.717, 1.165) is 33.3 Å². The molecule has 0 aliphatic heterocycles. The summed E-state index contributed by atoms with van der Waals surface area (Å²) in [7, 11) is 1.63. The molecule has 0 bridgehead atoms. The van der Waals surface area contributed by atoms with Crippen molar-refractivity contribution in [1.29, 1.82) is 0 Å². The number of aliphatic hydroxyl groups is 1. The summed E-state index contributed by atoms with van der Waals surface area (Å²) in [6.07, 6.45) is 2.08. The van der Waals surface area contributed by atoms with E-state index in [9.17, 15) is 5.11 Å². The number of aliphatic hydroxyl groups excluding tert-OH is 1. The van der Waals surface area contributed by atoms with Gasteiger partial charge in [0.05, 0.1) is 20.3 Å². The fourth-order valence-electron chi connectivity index (χ4n) is 1.64. The second-order valence-electron chi connectivity index (χ2n) is 3.88. The molecule has 1 rings (SSSR count). The number of ether oxygens (including phenoxy) is 2. The highest BCUT2D eigenvalue weighted by molar-refractivity contribution is 14.1. The molecular formula is C13H19IO3. The average molecular weight is 350 g/mol. The van der Waals surface area contributed by atoms with E-state index in [1.54, 1.807) is 7.11 Å². The van der Waals surface area contributed by atoms with Crippen LogP contribution in [0.1, 0.15) is 30.9 Å². The van der Waals surface area contributed by atoms with Gasteiger partial charge in [0.15, 0.2) is 11.5 Å². The van der Waals surface area contributed by atoms with Crippen molar-refractivity contribution in [2.75, 3.05) is 13.7 Å². The van der Waals surface area contributed by atoms with Crippen molar-refractivity contribution >= 4 is 22.6 Å². The number of unbranched alkanes of at least 4 members (excludes halogenated alkanes) is 1. The van der Waals surface area contributed by atoms with Crippen LogP contribution in [-0.2, 0) is 6.61 Å². The maximum Gasteiger partial charge on any atom is 0.167 e. The minimum Gasteiger partial charge on any atom is -0.493 e. The monoisotopic (exact) mass is 350 g/mol. The molecule has 0 spiro atoms. The van der Waals surface area contributed by atoms with Crippen molar-refractivity contribution in [1.82, 2.24) is 0 Å². The molecule has 0 aliphatic rings. The largest absolute Gasteiger partial charge is 0.493 e. The van der Waals surface area contributed by atoms with Gasteiger partial charge in [-0.2, -0.15) is 0 Å². The highest BCUT2D eigenvalue weighted by Gasteiger charge is 2.16. The zero-order chi connectivity index (χ0) is 12.8. The zero-order valence-corrected chi connectivity index (χ0v) is 12.7. The van der Waals surface area contributed by atoms with E-state index in [1.165, 1.54) is 0 Å². The van der Waals surface area contributed by atoms with Gasteiger partial charge in [-0.1, -0.05) is 13.3 Å². The summed E-state index contributed by atoms with van der Waals surface area (Å²) in [4.78, 5) is 0. The Kier molecular flexibility index (Phi) is 6.05. The first-order chi connectivity index (χ1) is 8.15. The Morgan fingerprint density at radius 3 is 2.59 bits per heavy atom. The van der Waals surface area contributed by atoms with Gasteiger partial charge in [-0.3, -0.25) is 0 Å². The van der Waals surface area contributed by atoms with E-state index in [1.807, 2.05) is 13.0 Å². The highest BCUT2D eigenvalue weighted by Crippen LogP contribution is 2.37. The van der Waals surface area contributed by atoms with E-state index in [4.69, 9.17) is 9.47 Å². The van der Waals surface area contributed by atoms with Crippen molar-refractivity contribution in [2.45, 2.75) is 33.3 Å². The zero-order valence-electron chi connectivity index (χ0n) is 10.5. The Morgan fingerprint density at radius 1 is 1.35 bits per heavy atom. The van der Waals surface area contributed by atoms with E-state index in [2.05, 4.69) is 29.5 Å². The smallest absolute Gasteiger partial charge is 0.167 e. The lowest BCUT2D eigenvalue weighted by Gasteiger charge is -2.17. The second-order valence-corrected chi connectivity index (χ2v) is 5.04. The number of benzene rings is 1. The molecule has 0 atom stereocenters. The number of hydrogen-bond donors (Lipinski definition) is 1. The molecular weight excluding hydrogens is 331 g/mol. The molecule has 0 saturated heterocycles. The Morgan fingerprint density at radius 2 is 2.06 bits per heavy atom. The number of rotatable bonds is 6. The number of aryl methyl sites for hydroxylation is 1. The van der Waals surface area contributed by atoms with Gasteiger partial charge in [-0.25, -0.2) is 0 Å². The fraction of sp³-hybridized carbons (Fsp3) is 0.538. The lowest BCUT2D eigenvalue weighted by Crippen LogP contribution is -2.05. The normalized spacial score (nSPS) is 10.4. The number of hydrogen-bond acceptors (Lipinski definition) is 3. The predicted molar refractivity (Wildman–Crippen MR) is 76.8 cm³/mol. The van der Waals surface area contributed by atoms with Crippen LogP contribution in [0.3, 0.4) is 0 Å². The Hall–Kier alpha value is -0.490. The summed E-state index contributed by atoms with van der Waals surface area (Å²) in [5, 5.41) is 9.43. The SMILES string of the molecule is CCCCOc1c(CO)c(I)cc(C)c1OC. The van der Waals surface area contributed by atoms with Gasteiger partial charge in [0, 0.05) is 9.13 Å². The Balaban J connectivity index is 3.11. The predicted octanol–water partition coefficient (Wildman–Crippen LogP) is 3.28. The molecule has 0 fully saturated rings. The lowest BCUT2D eigenvalue weighted by atomic mass is 10.1. The van der Waals surface area contributed by atoms with Gasteiger partial charge < -0.3 is 14.6 Å². The molecule has 1 aromatic rings. The third-order valence-corrected chi connectivity index (χ3v) is 3.54. The first-order valence-corrected chi connectivity index (χ1v) is 6.83. The van der Waals surface area contributed by atoms with Gasteiger partial charge in [0.25, 0.3) is 0 Å². The molecule has 0 amide bonds. The lowest BCUT2D eigenvalue weighted by molar-refractivity contribution is 0.251. The van der Waals surface area contributed by atoms with E-state index in [-0.39, 0.29) is 6.61 Å². The quantitative estimate of drug-likeness (QED) is 0.632. The van der Waals surface area contributed by atoms with Crippen molar-refractivity contribution in [3.63, 3.8) is 0 Å². The summed E-state index contributed by atoms with van der Waals surface area (Å²) in [5.41, 5.74) is 1.84. The van der Waals surface area contributed by atoms with Crippen LogP contribution in [0.4, 0.5) is 0 Å². The summed E-state index contributed by atoms with van der Waals surface area (Å²) in [6, 6.07) is 2.00. The van der Waals surface area contributed by atoms with Crippen LogP contribution in [0, 0.1) is 10.5 Å². The molecule has 0 unspecified atom stereocenters. The molecule has 4 heteroatoms. The van der Waals surface area contributed by atoms with Crippen LogP contribution < -0.4 is 9.47 Å². The first kappa shape index (κ1) is 14.6. The van der Waals surface area contributed by atoms with Crippen molar-refractivity contribution in [3.8, 4) is 11.5 Å². The summed E-state index contributed by atoms with van der Waals surface area (Å²) in [5.74, 6) is 1.42. The Labute approximate surface area is 116 Å². The maximum absolute atomic E-state index is 9.43. The minimum absolute atomic E-state index is 0.0314. The molecule has 96 valence electrons. The topological polar surface area (TPSA) is 38.7 Å². The molecule has 0 saturated carbocycles. The molecule has 0 heterocycles. The van der Waals surface area contributed by atoms with Crippen LogP contribution in [-0.4, -0.2) is 18.8 Å². The average Bonchev–Trinajstić information content (AvgIpc) is 2.29. The highest BCUT2D eigenvalue weighted by atomic mass is 127. The van der Waals surface area contributed by atoms with Crippen molar-refractivity contribution in [3.05, 3.63) is 20.8 Å². The Bertz CT molecular complexity index is 349. The number of methoxy groups -OCH3 is 1. The molecule has 3 nitrogen and oxygen atoms in total. The van der Waals surface area contributed by atoms with Gasteiger partial charge in [0.2, 0.25) is 0 Å². The van der Waals surface area contributed by atoms with Crippen LogP contribution in [0.25, 0.3) is 0 Å². The van der Waals surface area contributed by atoms with Crippen LogP contribution in [0.15, 0.2) is 6.07 Å². The summed E-state index contributed by atoms with van der Waals surface area (Å²) in [6.45, 7) is 4.72. The third-order valence-electron chi connectivity index (χ3n) is 2.58. The van der Waals surface area contributed by atoms with Crippen LogP contribution >= 0.6 is 22.6 Å². The van der Waals surface area contributed by atoms with Crippen LogP contribution in [0.5, 0.6) is 11.5 Å². The first-order valence-electron chi connectivity index (χ1n) is 5.75. The van der Waals surface area contributed by atoms with Gasteiger partial charge in [0.1, 0.15) is 0 Å². The van der Waals surface area contributed by atoms with Gasteiger partial charge in [-0.05, 0) is 47.6 Å². The third kappa shape index (κ3) is 3.48. The molecule has 0 aliphatic carbocycles. The number of halogens is 1. The van der Waals surface area contributed by atoms with Crippen LogP contribution in [0.2, 0.25) is 0 Å². The van der Waals surface area contributed by atoms with E-state index in [0.29, 0.717) is 12.4 Å². The second kappa shape index (κ2) is 7.06. The maximum atomic E-state index is 9.43. The summed E-state index contributed by atoms with van der Waals surface area (Å²) < 4.78 is 12.1. The molecule has 1 N–H and O–H groups in total. The van der Waals surface area contributed by atoms with Gasteiger partial charge in [-0.15, -0.1) is 0 Å². The van der Waals surface area contributed by atoms with Crippen molar-refractivity contribution < 1.29 is 14.6 Å². The van der Waals surface area contributed by atoms with Gasteiger partial charge >= 0.3 is 0 Å². The molecule has 1 aromatic carbocycles. The van der Waals surface area contributed by atoms with E-state index < -0.39 is 0 Å². The van der Waals surface area contributed by atoms with Crippen molar-refractivity contribution in [2.24, 2.45) is 0 Å². The fourth-order valence-corrected chi connectivity index (χ4v) is 2.52. The minimum atomic E-state index is -0.0314. The summed E-state index contributed by atoms with van der Waals surface area (Å²) >= 11 is 2.21.